The van der Waals surface area contributed by atoms with E-state index in [1.165, 1.54) is 11.3 Å². The molecular formula is C24H26N2O5S. The zero-order valence-electron chi connectivity index (χ0n) is 17.7. The summed E-state index contributed by atoms with van der Waals surface area (Å²) < 4.78 is 10.9. The summed E-state index contributed by atoms with van der Waals surface area (Å²) >= 11 is 1.46. The lowest BCUT2D eigenvalue weighted by atomic mass is 10.00. The molecule has 168 valence electrons. The van der Waals surface area contributed by atoms with Crippen LogP contribution in [0.5, 0.6) is 5.75 Å². The number of rotatable bonds is 8. The number of aliphatic hydroxyl groups excluding tert-OH is 1. The van der Waals surface area contributed by atoms with Crippen LogP contribution >= 0.6 is 11.3 Å². The van der Waals surface area contributed by atoms with Gasteiger partial charge in [-0.25, -0.2) is 0 Å². The first kappa shape index (κ1) is 22.3. The number of benzene rings is 1. The van der Waals surface area contributed by atoms with Crippen molar-refractivity contribution in [3.8, 4) is 5.75 Å². The lowest BCUT2D eigenvalue weighted by molar-refractivity contribution is -0.140. The van der Waals surface area contributed by atoms with E-state index < -0.39 is 17.7 Å². The second-order valence-corrected chi connectivity index (χ2v) is 8.57. The maximum Gasteiger partial charge on any atom is 0.295 e. The van der Waals surface area contributed by atoms with Gasteiger partial charge in [0, 0.05) is 36.6 Å². The van der Waals surface area contributed by atoms with Gasteiger partial charge in [-0.05, 0) is 35.7 Å². The Kier molecular flexibility index (Phi) is 7.04. The molecule has 1 N–H and O–H groups in total. The summed E-state index contributed by atoms with van der Waals surface area (Å²) in [5, 5.41) is 13.0. The first-order chi connectivity index (χ1) is 15.6. The Hall–Kier alpha value is -2.94. The Bertz CT molecular complexity index is 994. The first-order valence-electron chi connectivity index (χ1n) is 10.6. The van der Waals surface area contributed by atoms with Crippen molar-refractivity contribution in [2.24, 2.45) is 0 Å². The van der Waals surface area contributed by atoms with Crippen LogP contribution in [0.25, 0.3) is 5.76 Å². The van der Waals surface area contributed by atoms with Gasteiger partial charge in [-0.3, -0.25) is 14.5 Å². The van der Waals surface area contributed by atoms with Crippen LogP contribution in [0.4, 0.5) is 0 Å². The van der Waals surface area contributed by atoms with Crippen LogP contribution in [0.15, 0.2) is 60.0 Å². The topological polar surface area (TPSA) is 79.3 Å². The van der Waals surface area contributed by atoms with Gasteiger partial charge in [-0.15, -0.1) is 11.3 Å². The van der Waals surface area contributed by atoms with E-state index in [-0.39, 0.29) is 11.3 Å². The van der Waals surface area contributed by atoms with Crippen molar-refractivity contribution in [3.05, 3.63) is 70.4 Å². The van der Waals surface area contributed by atoms with Crippen LogP contribution in [0.3, 0.4) is 0 Å². The number of hydrogen-bond donors (Lipinski definition) is 1. The van der Waals surface area contributed by atoms with Gasteiger partial charge in [0.1, 0.15) is 18.1 Å². The van der Waals surface area contributed by atoms with Gasteiger partial charge in [-0.2, -0.15) is 0 Å². The summed E-state index contributed by atoms with van der Waals surface area (Å²) in [6.07, 6.45) is 1.65. The molecule has 1 aromatic carbocycles. The first-order valence-corrected chi connectivity index (χ1v) is 11.4. The summed E-state index contributed by atoms with van der Waals surface area (Å²) in [5.41, 5.74) is 0.586. The van der Waals surface area contributed by atoms with Crippen LogP contribution in [-0.4, -0.2) is 72.6 Å². The Balaban J connectivity index is 1.64. The van der Waals surface area contributed by atoms with Crippen LogP contribution < -0.4 is 4.74 Å². The number of ether oxygens (including phenoxy) is 2. The molecule has 2 aliphatic rings. The van der Waals surface area contributed by atoms with E-state index in [2.05, 4.69) is 11.5 Å². The van der Waals surface area contributed by atoms with Crippen molar-refractivity contribution in [2.75, 3.05) is 46.0 Å². The van der Waals surface area contributed by atoms with Gasteiger partial charge >= 0.3 is 0 Å². The Morgan fingerprint density at radius 2 is 1.94 bits per heavy atom. The molecule has 2 aromatic rings. The number of thiophene rings is 1. The van der Waals surface area contributed by atoms with Crippen molar-refractivity contribution in [1.29, 1.82) is 0 Å². The molecule has 32 heavy (non-hydrogen) atoms. The molecule has 2 saturated heterocycles. The molecule has 4 rings (SSSR count). The monoisotopic (exact) mass is 454 g/mol. The summed E-state index contributed by atoms with van der Waals surface area (Å²) in [5.74, 6) is -0.785. The Morgan fingerprint density at radius 1 is 1.19 bits per heavy atom. The Labute approximate surface area is 191 Å². The van der Waals surface area contributed by atoms with Gasteiger partial charge in [-0.1, -0.05) is 18.7 Å². The Morgan fingerprint density at radius 3 is 2.59 bits per heavy atom. The SMILES string of the molecule is C=CCOc1ccc(C(O)=C2C(=O)C(=O)N(CCN3CCOCC3)[C@@H]2c2cccs2)cc1. The van der Waals surface area contributed by atoms with E-state index in [9.17, 15) is 14.7 Å². The smallest absolute Gasteiger partial charge is 0.295 e. The molecule has 0 bridgehead atoms. The maximum atomic E-state index is 13.0. The number of carbonyl (C=O) groups is 2. The predicted molar refractivity (Wildman–Crippen MR) is 123 cm³/mol. The molecule has 8 heteroatoms. The number of hydrogen-bond acceptors (Lipinski definition) is 7. The summed E-state index contributed by atoms with van der Waals surface area (Å²) in [4.78, 5) is 30.6. The third-order valence-corrected chi connectivity index (χ3v) is 6.53. The lowest BCUT2D eigenvalue weighted by Crippen LogP contribution is -2.42. The van der Waals surface area contributed by atoms with E-state index in [1.807, 2.05) is 17.5 Å². The van der Waals surface area contributed by atoms with E-state index in [4.69, 9.17) is 9.47 Å². The fraction of sp³-hybridized carbons (Fsp3) is 0.333. The average molecular weight is 455 g/mol. The highest BCUT2D eigenvalue weighted by Crippen LogP contribution is 2.41. The van der Waals surface area contributed by atoms with Crippen molar-refractivity contribution in [2.45, 2.75) is 6.04 Å². The number of carbonyl (C=O) groups excluding carboxylic acids is 2. The van der Waals surface area contributed by atoms with Gasteiger partial charge in [0.25, 0.3) is 11.7 Å². The predicted octanol–water partition coefficient (Wildman–Crippen LogP) is 3.07. The molecule has 0 aliphatic carbocycles. The number of likely N-dealkylation sites (tertiary alicyclic amines) is 1. The molecule has 0 radical (unpaired) electrons. The molecule has 0 unspecified atom stereocenters. The van der Waals surface area contributed by atoms with Crippen molar-refractivity contribution in [1.82, 2.24) is 9.80 Å². The molecule has 7 nitrogen and oxygen atoms in total. The summed E-state index contributed by atoms with van der Waals surface area (Å²) in [6, 6.07) is 9.96. The molecule has 2 aliphatic heterocycles. The van der Waals surface area contributed by atoms with Gasteiger partial charge in [0.15, 0.2) is 0 Å². The van der Waals surface area contributed by atoms with Crippen LogP contribution in [0.1, 0.15) is 16.5 Å². The largest absolute Gasteiger partial charge is 0.507 e. The van der Waals surface area contributed by atoms with Crippen LogP contribution in [-0.2, 0) is 14.3 Å². The highest BCUT2D eigenvalue weighted by atomic mass is 32.1. The molecule has 1 amide bonds. The second-order valence-electron chi connectivity index (χ2n) is 7.59. The molecule has 2 fully saturated rings. The molecule has 3 heterocycles. The molecular weight excluding hydrogens is 428 g/mol. The number of Topliss-reactive ketones (excluding diaryl/α,β-unsaturated/α-hetero) is 1. The number of aliphatic hydroxyl groups is 1. The van der Waals surface area contributed by atoms with Crippen molar-refractivity contribution >= 4 is 28.8 Å². The van der Waals surface area contributed by atoms with E-state index in [0.717, 1.165) is 18.0 Å². The highest BCUT2D eigenvalue weighted by molar-refractivity contribution is 7.10. The fourth-order valence-electron chi connectivity index (χ4n) is 3.95. The van der Waals surface area contributed by atoms with E-state index >= 15 is 0 Å². The van der Waals surface area contributed by atoms with Crippen LogP contribution in [0, 0.1) is 0 Å². The van der Waals surface area contributed by atoms with E-state index in [0.29, 0.717) is 44.2 Å². The average Bonchev–Trinajstić information content (AvgIpc) is 3.44. The molecule has 1 aromatic heterocycles. The number of amides is 1. The highest BCUT2D eigenvalue weighted by Gasteiger charge is 2.46. The second kappa shape index (κ2) is 10.1. The minimum absolute atomic E-state index is 0.124. The normalized spacial score (nSPS) is 21.1. The standard InChI is InChI=1S/C24H26N2O5S/c1-2-13-31-18-7-5-17(6-8-18)22(27)20-21(19-4-3-16-32-19)26(24(29)23(20)28)10-9-25-11-14-30-15-12-25/h2-8,16,21,27H,1,9-15H2/t21-/m1/s1. The maximum absolute atomic E-state index is 13.0. The quantitative estimate of drug-likeness (QED) is 0.286. The minimum atomic E-state index is -0.658. The minimum Gasteiger partial charge on any atom is -0.507 e. The van der Waals surface area contributed by atoms with Gasteiger partial charge in [0.2, 0.25) is 0 Å². The zero-order valence-corrected chi connectivity index (χ0v) is 18.6. The lowest BCUT2D eigenvalue weighted by Gasteiger charge is -2.30. The molecule has 0 saturated carbocycles. The van der Waals surface area contributed by atoms with Crippen molar-refractivity contribution in [3.63, 3.8) is 0 Å². The zero-order chi connectivity index (χ0) is 22.5. The van der Waals surface area contributed by atoms with Crippen LogP contribution in [0.2, 0.25) is 0 Å². The van der Waals surface area contributed by atoms with E-state index in [1.54, 1.807) is 35.2 Å². The fourth-order valence-corrected chi connectivity index (χ4v) is 4.79. The third-order valence-electron chi connectivity index (χ3n) is 5.61. The molecule has 0 spiro atoms. The van der Waals surface area contributed by atoms with Crippen molar-refractivity contribution < 1.29 is 24.2 Å². The summed E-state index contributed by atoms with van der Waals surface area (Å²) in [7, 11) is 0. The third kappa shape index (κ3) is 4.62. The van der Waals surface area contributed by atoms with Gasteiger partial charge < -0.3 is 19.5 Å². The molecule has 1 atom stereocenters. The van der Waals surface area contributed by atoms with Gasteiger partial charge in [0.05, 0.1) is 24.8 Å². The number of morpholine rings is 1. The number of ketones is 1. The number of nitrogens with zero attached hydrogens (tertiary/aromatic N) is 2. The summed E-state index contributed by atoms with van der Waals surface area (Å²) in [6.45, 7) is 7.97.